The van der Waals surface area contributed by atoms with Gasteiger partial charge >= 0.3 is 0 Å². The molecule has 0 bridgehead atoms. The van der Waals surface area contributed by atoms with Crippen molar-refractivity contribution in [3.8, 4) is 0 Å². The quantitative estimate of drug-likeness (QED) is 0.576. The third kappa shape index (κ3) is 6.76. The fourth-order valence-electron chi connectivity index (χ4n) is 1.88. The molecule has 2 amide bonds. The Morgan fingerprint density at radius 1 is 1.10 bits per heavy atom. The summed E-state index contributed by atoms with van der Waals surface area (Å²) in [5, 5.41) is 0. The first-order chi connectivity index (χ1) is 10.0. The van der Waals surface area contributed by atoms with Crippen molar-refractivity contribution in [3.63, 3.8) is 0 Å². The highest BCUT2D eigenvalue weighted by atomic mass is 79.9. The van der Waals surface area contributed by atoms with Crippen LogP contribution in [0.4, 0.5) is 0 Å². The molecule has 4 nitrogen and oxygen atoms in total. The first-order valence-electron chi connectivity index (χ1n) is 7.40. The Bertz CT molecular complexity index is 489. The van der Waals surface area contributed by atoms with Crippen molar-refractivity contribution in [1.29, 1.82) is 0 Å². The van der Waals surface area contributed by atoms with Crippen LogP contribution in [0.25, 0.3) is 0 Å². The number of hydrazine groups is 1. The highest BCUT2D eigenvalue weighted by Crippen LogP contribution is 2.17. The molecule has 0 fully saturated rings. The van der Waals surface area contributed by atoms with Crippen LogP contribution in [-0.2, 0) is 4.79 Å². The standard InChI is InChI=1S/C16H23BrN2O2/c1-3-4-5-6-7-8-15(20)18-19-16(21)13-10-9-12(2)14(17)11-13/h9-11H,3-8H2,1-2H3,(H,18,20)(H,19,21). The van der Waals surface area contributed by atoms with Gasteiger partial charge in [-0.3, -0.25) is 20.4 Å². The molecule has 0 unspecified atom stereocenters. The van der Waals surface area contributed by atoms with E-state index < -0.39 is 0 Å². The molecule has 5 heteroatoms. The van der Waals surface area contributed by atoms with Crippen LogP contribution in [0.3, 0.4) is 0 Å². The SMILES string of the molecule is CCCCCCCC(=O)NNC(=O)c1ccc(C)c(Br)c1. The largest absolute Gasteiger partial charge is 0.273 e. The third-order valence-corrected chi connectivity index (χ3v) is 4.11. The molecule has 0 aliphatic heterocycles. The molecule has 0 radical (unpaired) electrons. The van der Waals surface area contributed by atoms with E-state index in [4.69, 9.17) is 0 Å². The molecule has 21 heavy (non-hydrogen) atoms. The van der Waals surface area contributed by atoms with Crippen LogP contribution < -0.4 is 10.9 Å². The van der Waals surface area contributed by atoms with Gasteiger partial charge in [0, 0.05) is 16.5 Å². The number of hydrogen-bond donors (Lipinski definition) is 2. The summed E-state index contributed by atoms with van der Waals surface area (Å²) in [7, 11) is 0. The maximum Gasteiger partial charge on any atom is 0.269 e. The van der Waals surface area contributed by atoms with Crippen molar-refractivity contribution in [2.24, 2.45) is 0 Å². The minimum absolute atomic E-state index is 0.147. The van der Waals surface area contributed by atoms with Crippen molar-refractivity contribution < 1.29 is 9.59 Å². The zero-order chi connectivity index (χ0) is 15.7. The van der Waals surface area contributed by atoms with Crippen molar-refractivity contribution >= 4 is 27.7 Å². The Kier molecular flexibility index (Phi) is 8.05. The third-order valence-electron chi connectivity index (χ3n) is 3.26. The number of benzene rings is 1. The van der Waals surface area contributed by atoms with Gasteiger partial charge in [0.25, 0.3) is 5.91 Å². The first kappa shape index (κ1) is 17.7. The van der Waals surface area contributed by atoms with Gasteiger partial charge in [-0.1, -0.05) is 54.6 Å². The number of nitrogens with one attached hydrogen (secondary N) is 2. The molecular formula is C16H23BrN2O2. The summed E-state index contributed by atoms with van der Waals surface area (Å²) in [5.74, 6) is -0.457. The predicted molar refractivity (Wildman–Crippen MR) is 87.9 cm³/mol. The van der Waals surface area contributed by atoms with Crippen molar-refractivity contribution in [2.75, 3.05) is 0 Å². The summed E-state index contributed by atoms with van der Waals surface area (Å²) in [6.07, 6.45) is 5.92. The number of hydrogen-bond acceptors (Lipinski definition) is 2. The van der Waals surface area contributed by atoms with Crippen molar-refractivity contribution in [2.45, 2.75) is 52.4 Å². The van der Waals surface area contributed by atoms with E-state index in [9.17, 15) is 9.59 Å². The van der Waals surface area contributed by atoms with E-state index in [0.29, 0.717) is 12.0 Å². The van der Waals surface area contributed by atoms with Gasteiger partial charge in [-0.2, -0.15) is 0 Å². The minimum atomic E-state index is -0.310. The lowest BCUT2D eigenvalue weighted by Crippen LogP contribution is -2.41. The van der Waals surface area contributed by atoms with Gasteiger partial charge in [0.2, 0.25) is 5.91 Å². The van der Waals surface area contributed by atoms with E-state index in [1.165, 1.54) is 12.8 Å². The molecule has 0 aliphatic rings. The predicted octanol–water partition coefficient (Wildman–Crippen LogP) is 3.88. The summed E-state index contributed by atoms with van der Waals surface area (Å²) in [6.45, 7) is 4.11. The molecule has 0 saturated heterocycles. The Hall–Kier alpha value is -1.36. The van der Waals surface area contributed by atoms with Crippen LogP contribution in [0.5, 0.6) is 0 Å². The van der Waals surface area contributed by atoms with E-state index >= 15 is 0 Å². The summed E-state index contributed by atoms with van der Waals surface area (Å²) in [4.78, 5) is 23.5. The van der Waals surface area contributed by atoms with Crippen LogP contribution in [-0.4, -0.2) is 11.8 Å². The molecule has 2 N–H and O–H groups in total. The van der Waals surface area contributed by atoms with Crippen LogP contribution in [0.15, 0.2) is 22.7 Å². The van der Waals surface area contributed by atoms with E-state index in [1.54, 1.807) is 12.1 Å². The monoisotopic (exact) mass is 354 g/mol. The lowest BCUT2D eigenvalue weighted by atomic mass is 10.1. The Labute approximate surface area is 134 Å². The molecule has 116 valence electrons. The summed E-state index contributed by atoms with van der Waals surface area (Å²) in [5.41, 5.74) is 6.46. The van der Waals surface area contributed by atoms with Crippen LogP contribution >= 0.6 is 15.9 Å². The number of aryl methyl sites for hydroxylation is 1. The van der Waals surface area contributed by atoms with Crippen molar-refractivity contribution in [3.05, 3.63) is 33.8 Å². The summed E-state index contributed by atoms with van der Waals surface area (Å²) < 4.78 is 0.873. The number of amides is 2. The number of halogens is 1. The number of rotatable bonds is 7. The molecule has 0 spiro atoms. The van der Waals surface area contributed by atoms with Gasteiger partial charge in [0.15, 0.2) is 0 Å². The fourth-order valence-corrected chi connectivity index (χ4v) is 2.26. The second kappa shape index (κ2) is 9.55. The fraction of sp³-hybridized carbons (Fsp3) is 0.500. The second-order valence-electron chi connectivity index (χ2n) is 5.13. The highest BCUT2D eigenvalue weighted by Gasteiger charge is 2.08. The maximum atomic E-state index is 11.9. The molecule has 1 aromatic carbocycles. The normalized spacial score (nSPS) is 10.2. The van der Waals surface area contributed by atoms with Gasteiger partial charge in [-0.15, -0.1) is 0 Å². The van der Waals surface area contributed by atoms with Gasteiger partial charge in [0.05, 0.1) is 0 Å². The molecular weight excluding hydrogens is 332 g/mol. The first-order valence-corrected chi connectivity index (χ1v) is 8.19. The molecule has 0 aliphatic carbocycles. The second-order valence-corrected chi connectivity index (χ2v) is 5.98. The van der Waals surface area contributed by atoms with E-state index in [2.05, 4.69) is 33.7 Å². The lowest BCUT2D eigenvalue weighted by molar-refractivity contribution is -0.122. The van der Waals surface area contributed by atoms with E-state index in [1.807, 2.05) is 13.0 Å². The zero-order valence-electron chi connectivity index (χ0n) is 12.7. The van der Waals surface area contributed by atoms with Gasteiger partial charge in [-0.05, 0) is 31.0 Å². The van der Waals surface area contributed by atoms with Crippen LogP contribution in [0, 0.1) is 6.92 Å². The van der Waals surface area contributed by atoms with E-state index in [0.717, 1.165) is 29.3 Å². The summed E-state index contributed by atoms with van der Waals surface area (Å²) in [6, 6.07) is 5.32. The lowest BCUT2D eigenvalue weighted by Gasteiger charge is -2.08. The average Bonchev–Trinajstić information content (AvgIpc) is 2.47. The number of unbranched alkanes of at least 4 members (excludes halogenated alkanes) is 4. The topological polar surface area (TPSA) is 58.2 Å². The molecule has 1 rings (SSSR count). The average molecular weight is 355 g/mol. The molecule has 0 atom stereocenters. The van der Waals surface area contributed by atoms with Crippen molar-refractivity contribution in [1.82, 2.24) is 10.9 Å². The van der Waals surface area contributed by atoms with Gasteiger partial charge in [0.1, 0.15) is 0 Å². The Morgan fingerprint density at radius 3 is 2.48 bits per heavy atom. The van der Waals surface area contributed by atoms with Gasteiger partial charge in [-0.25, -0.2) is 0 Å². The van der Waals surface area contributed by atoms with E-state index in [-0.39, 0.29) is 11.8 Å². The maximum absolute atomic E-state index is 11.9. The number of carbonyl (C=O) groups excluding carboxylic acids is 2. The molecule has 0 heterocycles. The molecule has 1 aromatic rings. The van der Waals surface area contributed by atoms with Gasteiger partial charge < -0.3 is 0 Å². The highest BCUT2D eigenvalue weighted by molar-refractivity contribution is 9.10. The Morgan fingerprint density at radius 2 is 1.81 bits per heavy atom. The van der Waals surface area contributed by atoms with Crippen LogP contribution in [0.2, 0.25) is 0 Å². The molecule has 0 aromatic heterocycles. The molecule has 0 saturated carbocycles. The smallest absolute Gasteiger partial charge is 0.269 e. The number of carbonyl (C=O) groups is 2. The Balaban J connectivity index is 2.29. The summed E-state index contributed by atoms with van der Waals surface area (Å²) >= 11 is 3.38. The van der Waals surface area contributed by atoms with Crippen LogP contribution in [0.1, 0.15) is 61.4 Å². The zero-order valence-corrected chi connectivity index (χ0v) is 14.3. The minimum Gasteiger partial charge on any atom is -0.273 e.